The number of aliphatic hydroxyl groups is 1. The van der Waals surface area contributed by atoms with Crippen molar-refractivity contribution in [1.29, 1.82) is 0 Å². The Morgan fingerprint density at radius 2 is 1.55 bits per heavy atom. The number of aliphatic hydroxyl groups excluding tert-OH is 1. The van der Waals surface area contributed by atoms with E-state index >= 15 is 0 Å². The minimum Gasteiger partial charge on any atom is -0.457 e. The van der Waals surface area contributed by atoms with Gasteiger partial charge in [-0.1, -0.05) is 31.5 Å². The van der Waals surface area contributed by atoms with Gasteiger partial charge in [-0.2, -0.15) is 0 Å². The van der Waals surface area contributed by atoms with Crippen LogP contribution in [0.5, 0.6) is 11.5 Å². The van der Waals surface area contributed by atoms with E-state index in [2.05, 4.69) is 35.9 Å². The molecule has 0 saturated heterocycles. The lowest BCUT2D eigenvalue weighted by Gasteiger charge is -2.08. The van der Waals surface area contributed by atoms with Gasteiger partial charge in [-0.25, -0.2) is 4.39 Å². The average molecular weight is 389 g/mol. The van der Waals surface area contributed by atoms with Gasteiger partial charge in [0, 0.05) is 23.6 Å². The van der Waals surface area contributed by atoms with Crippen molar-refractivity contribution in [1.82, 2.24) is 4.57 Å². The van der Waals surface area contributed by atoms with Gasteiger partial charge in [0.25, 0.3) is 0 Å². The van der Waals surface area contributed by atoms with Crippen molar-refractivity contribution in [2.45, 2.75) is 26.3 Å². The maximum Gasteiger partial charge on any atom is 0.127 e. The number of nitrogens with zero attached hydrogens (tertiary/aromatic N) is 1. The molecule has 0 unspecified atom stereocenters. The van der Waals surface area contributed by atoms with E-state index in [1.165, 1.54) is 23.1 Å². The summed E-state index contributed by atoms with van der Waals surface area (Å²) < 4.78 is 20.9. The Labute approximate surface area is 170 Å². The summed E-state index contributed by atoms with van der Waals surface area (Å²) in [7, 11) is 0. The van der Waals surface area contributed by atoms with Crippen LogP contribution in [-0.4, -0.2) is 16.3 Å². The highest BCUT2D eigenvalue weighted by Crippen LogP contribution is 2.30. The molecule has 0 spiro atoms. The van der Waals surface area contributed by atoms with Gasteiger partial charge in [0.2, 0.25) is 0 Å². The second-order valence-electron chi connectivity index (χ2n) is 7.13. The maximum atomic E-state index is 13.0. The second-order valence-corrected chi connectivity index (χ2v) is 7.13. The molecule has 4 heteroatoms. The van der Waals surface area contributed by atoms with E-state index in [0.717, 1.165) is 29.5 Å². The van der Waals surface area contributed by atoms with Crippen molar-refractivity contribution in [3.8, 4) is 22.6 Å². The predicted octanol–water partition coefficient (Wildman–Crippen LogP) is 6.18. The van der Waals surface area contributed by atoms with Crippen LogP contribution in [0.25, 0.3) is 22.0 Å². The molecular weight excluding hydrogens is 365 g/mol. The SMILES string of the molecule is CCCc1cn(CCO)c2ccc(-c3ccc(Oc4ccc(F)cc4)cc3)cc12. The number of halogens is 1. The Bertz CT molecular complexity index is 1100. The number of rotatable bonds is 7. The van der Waals surface area contributed by atoms with Gasteiger partial charge in [0.15, 0.2) is 0 Å². The molecule has 0 aliphatic rings. The van der Waals surface area contributed by atoms with Crippen LogP contribution in [0.2, 0.25) is 0 Å². The summed E-state index contributed by atoms with van der Waals surface area (Å²) in [5.74, 6) is 1.04. The van der Waals surface area contributed by atoms with Crippen molar-refractivity contribution in [2.75, 3.05) is 6.61 Å². The van der Waals surface area contributed by atoms with Crippen LogP contribution in [0.1, 0.15) is 18.9 Å². The predicted molar refractivity (Wildman–Crippen MR) is 115 cm³/mol. The molecule has 1 N–H and O–H groups in total. The molecule has 0 aliphatic carbocycles. The fourth-order valence-corrected chi connectivity index (χ4v) is 3.67. The molecule has 0 fully saturated rings. The summed E-state index contributed by atoms with van der Waals surface area (Å²) in [6.45, 7) is 2.92. The molecule has 1 heterocycles. The first-order chi connectivity index (χ1) is 14.2. The number of fused-ring (bicyclic) bond motifs is 1. The summed E-state index contributed by atoms with van der Waals surface area (Å²) in [4.78, 5) is 0. The Balaban J connectivity index is 1.62. The molecule has 0 amide bonds. The molecular formula is C25H24FNO2. The van der Waals surface area contributed by atoms with Crippen LogP contribution in [0.3, 0.4) is 0 Å². The van der Waals surface area contributed by atoms with Gasteiger partial charge < -0.3 is 14.4 Å². The normalized spacial score (nSPS) is 11.1. The minimum absolute atomic E-state index is 0.132. The molecule has 4 aromatic rings. The van der Waals surface area contributed by atoms with E-state index in [4.69, 9.17) is 4.74 Å². The Hall–Kier alpha value is -3.11. The zero-order valence-electron chi connectivity index (χ0n) is 16.4. The van der Waals surface area contributed by atoms with Gasteiger partial charge in [0.05, 0.1) is 6.61 Å². The highest BCUT2D eigenvalue weighted by Gasteiger charge is 2.10. The van der Waals surface area contributed by atoms with E-state index < -0.39 is 0 Å². The van der Waals surface area contributed by atoms with E-state index in [1.54, 1.807) is 12.1 Å². The molecule has 3 nitrogen and oxygen atoms in total. The zero-order valence-corrected chi connectivity index (χ0v) is 16.4. The van der Waals surface area contributed by atoms with Crippen molar-refractivity contribution in [3.63, 3.8) is 0 Å². The molecule has 0 bridgehead atoms. The lowest BCUT2D eigenvalue weighted by Crippen LogP contribution is -1.99. The fourth-order valence-electron chi connectivity index (χ4n) is 3.67. The summed E-state index contributed by atoms with van der Waals surface area (Å²) >= 11 is 0. The lowest BCUT2D eigenvalue weighted by atomic mass is 10.0. The molecule has 0 aliphatic heterocycles. The van der Waals surface area contributed by atoms with Crippen LogP contribution in [0.4, 0.5) is 4.39 Å². The highest BCUT2D eigenvalue weighted by molar-refractivity contribution is 5.88. The molecule has 4 rings (SSSR count). The third-order valence-electron chi connectivity index (χ3n) is 5.06. The summed E-state index contributed by atoms with van der Waals surface area (Å²) in [5.41, 5.74) is 4.72. The maximum absolute atomic E-state index is 13.0. The van der Waals surface area contributed by atoms with Gasteiger partial charge in [0.1, 0.15) is 17.3 Å². The van der Waals surface area contributed by atoms with Gasteiger partial charge >= 0.3 is 0 Å². The average Bonchev–Trinajstić information content (AvgIpc) is 3.08. The van der Waals surface area contributed by atoms with Crippen molar-refractivity contribution in [3.05, 3.63) is 84.3 Å². The smallest absolute Gasteiger partial charge is 0.127 e. The summed E-state index contributed by atoms with van der Waals surface area (Å²) in [6, 6.07) is 20.4. The van der Waals surface area contributed by atoms with Crippen molar-refractivity contribution in [2.24, 2.45) is 0 Å². The van der Waals surface area contributed by atoms with Crippen LogP contribution in [0.15, 0.2) is 72.9 Å². The number of benzene rings is 3. The summed E-state index contributed by atoms with van der Waals surface area (Å²) in [5, 5.41) is 10.6. The topological polar surface area (TPSA) is 34.4 Å². The van der Waals surface area contributed by atoms with Gasteiger partial charge in [-0.15, -0.1) is 0 Å². The Morgan fingerprint density at radius 1 is 0.897 bits per heavy atom. The quantitative estimate of drug-likeness (QED) is 0.409. The van der Waals surface area contributed by atoms with Crippen LogP contribution >= 0.6 is 0 Å². The number of aromatic nitrogens is 1. The van der Waals surface area contributed by atoms with Crippen LogP contribution in [0, 0.1) is 5.82 Å². The number of aryl methyl sites for hydroxylation is 1. The molecule has 0 saturated carbocycles. The fraction of sp³-hybridized carbons (Fsp3) is 0.200. The van der Waals surface area contributed by atoms with Crippen molar-refractivity contribution >= 4 is 10.9 Å². The number of hydrogen-bond acceptors (Lipinski definition) is 2. The van der Waals surface area contributed by atoms with E-state index in [0.29, 0.717) is 18.0 Å². The summed E-state index contributed by atoms with van der Waals surface area (Å²) in [6.07, 6.45) is 4.26. The molecule has 1 aromatic heterocycles. The molecule has 3 aromatic carbocycles. The standard InChI is InChI=1S/C25H24FNO2/c1-2-3-20-17-27(14-15-28)25-13-6-19(16-24(20)25)18-4-9-22(10-5-18)29-23-11-7-21(26)8-12-23/h4-13,16-17,28H,2-3,14-15H2,1H3. The van der Waals surface area contributed by atoms with Gasteiger partial charge in [-0.3, -0.25) is 0 Å². The molecule has 148 valence electrons. The number of hydrogen-bond donors (Lipinski definition) is 1. The Kier molecular flexibility index (Phi) is 5.63. The molecule has 29 heavy (non-hydrogen) atoms. The number of ether oxygens (including phenoxy) is 1. The van der Waals surface area contributed by atoms with E-state index in [1.807, 2.05) is 24.3 Å². The van der Waals surface area contributed by atoms with Gasteiger partial charge in [-0.05, 0) is 71.6 Å². The zero-order chi connectivity index (χ0) is 20.2. The minimum atomic E-state index is -0.279. The third kappa shape index (κ3) is 4.17. The first kappa shape index (κ1) is 19.2. The van der Waals surface area contributed by atoms with Crippen molar-refractivity contribution < 1.29 is 14.2 Å². The first-order valence-electron chi connectivity index (χ1n) is 9.94. The second kappa shape index (κ2) is 8.50. The first-order valence-corrected chi connectivity index (χ1v) is 9.94. The highest BCUT2D eigenvalue weighted by atomic mass is 19.1. The van der Waals surface area contributed by atoms with E-state index in [-0.39, 0.29) is 12.4 Å². The monoisotopic (exact) mass is 389 g/mol. The molecule has 0 atom stereocenters. The lowest BCUT2D eigenvalue weighted by molar-refractivity contribution is 0.278. The van der Waals surface area contributed by atoms with Crippen LogP contribution in [-0.2, 0) is 13.0 Å². The largest absolute Gasteiger partial charge is 0.457 e. The molecule has 0 radical (unpaired) electrons. The van der Waals surface area contributed by atoms with Crippen LogP contribution < -0.4 is 4.74 Å². The third-order valence-corrected chi connectivity index (χ3v) is 5.06. The Morgan fingerprint density at radius 3 is 2.21 bits per heavy atom. The van der Waals surface area contributed by atoms with E-state index in [9.17, 15) is 9.50 Å².